The normalized spacial score (nSPS) is 27.0. The highest BCUT2D eigenvalue weighted by atomic mass is 32.1. The molecule has 5 heterocycles. The van der Waals surface area contributed by atoms with Crippen LogP contribution in [0.15, 0.2) is 17.8 Å². The lowest BCUT2D eigenvalue weighted by Gasteiger charge is -2.40. The van der Waals surface area contributed by atoms with Gasteiger partial charge >= 0.3 is 0 Å². The molecule has 0 spiro atoms. The Morgan fingerprint density at radius 2 is 1.87 bits per heavy atom. The van der Waals surface area contributed by atoms with Crippen LogP contribution in [0.2, 0.25) is 0 Å². The van der Waals surface area contributed by atoms with Crippen molar-refractivity contribution in [3.63, 3.8) is 0 Å². The zero-order chi connectivity index (χ0) is 21.4. The van der Waals surface area contributed by atoms with E-state index >= 15 is 0 Å². The second-order valence-corrected chi connectivity index (χ2v) is 9.89. The van der Waals surface area contributed by atoms with Crippen molar-refractivity contribution in [1.82, 2.24) is 24.7 Å². The molecule has 0 aromatic carbocycles. The number of nitrogens with one attached hydrogen (secondary N) is 1. The van der Waals surface area contributed by atoms with Crippen LogP contribution < -0.4 is 5.32 Å². The van der Waals surface area contributed by atoms with Gasteiger partial charge in [-0.15, -0.1) is 11.3 Å². The number of fused-ring (bicyclic) bond motifs is 3. The minimum Gasteiger partial charge on any atom is -0.336 e. The van der Waals surface area contributed by atoms with Crippen molar-refractivity contribution >= 4 is 39.2 Å². The van der Waals surface area contributed by atoms with E-state index in [1.54, 1.807) is 12.4 Å². The van der Waals surface area contributed by atoms with Gasteiger partial charge in [0.1, 0.15) is 10.3 Å². The number of piperidine rings is 1. The first-order valence-corrected chi connectivity index (χ1v) is 12.2. The van der Waals surface area contributed by atoms with Crippen LogP contribution in [0, 0.1) is 5.92 Å². The second kappa shape index (κ2) is 8.80. The first-order chi connectivity index (χ1) is 15.1. The van der Waals surface area contributed by atoms with Gasteiger partial charge in [0.2, 0.25) is 11.8 Å². The molecule has 2 bridgehead atoms. The highest BCUT2D eigenvalue weighted by Crippen LogP contribution is 2.40. The third kappa shape index (κ3) is 4.18. The van der Waals surface area contributed by atoms with Crippen molar-refractivity contribution in [2.45, 2.75) is 44.2 Å². The molecule has 0 aliphatic carbocycles. The zero-order valence-corrected chi connectivity index (χ0v) is 18.8. The molecule has 2 aromatic rings. The maximum atomic E-state index is 13.2. The Morgan fingerprint density at radius 1 is 1.10 bits per heavy atom. The number of thiophene rings is 1. The van der Waals surface area contributed by atoms with Crippen LogP contribution in [-0.2, 0) is 9.59 Å². The summed E-state index contributed by atoms with van der Waals surface area (Å²) in [4.78, 5) is 42.6. The molecule has 8 nitrogen and oxygen atoms in total. The molecular weight excluding hydrogens is 412 g/mol. The predicted molar refractivity (Wildman–Crippen MR) is 121 cm³/mol. The van der Waals surface area contributed by atoms with Crippen molar-refractivity contribution in [3.8, 4) is 0 Å². The summed E-state index contributed by atoms with van der Waals surface area (Å²) >= 11 is 1.48. The molecule has 2 aromatic heterocycles. The first-order valence-electron chi connectivity index (χ1n) is 11.3. The lowest BCUT2D eigenvalue weighted by atomic mass is 9.89. The van der Waals surface area contributed by atoms with Gasteiger partial charge in [0.25, 0.3) is 0 Å². The molecule has 0 radical (unpaired) electrons. The number of aromatic nitrogens is 2. The molecular formula is C22H30N6O2S. The Balaban J connectivity index is 1.23. The molecule has 3 atom stereocenters. The van der Waals surface area contributed by atoms with Crippen molar-refractivity contribution in [3.05, 3.63) is 17.8 Å². The summed E-state index contributed by atoms with van der Waals surface area (Å²) < 4.78 is 0. The standard InChI is InChI=1S/C22H30N6O2S/c1-26-10-12-27(13-11-26)9-6-19(29)28-15-2-4-16(18(28)5-3-15)21(30)25-17-14-31-22-20(17)23-7-8-24-22/h7-8,14-16,18H,2-6,9-13H2,1H3,(H,25,30)/t15-,16+,18-/m1/s1. The summed E-state index contributed by atoms with van der Waals surface area (Å²) in [5.74, 6) is 0.0707. The van der Waals surface area contributed by atoms with E-state index in [4.69, 9.17) is 0 Å². The highest BCUT2D eigenvalue weighted by molar-refractivity contribution is 7.17. The van der Waals surface area contributed by atoms with Gasteiger partial charge in [-0.2, -0.15) is 0 Å². The summed E-state index contributed by atoms with van der Waals surface area (Å²) in [6, 6.07) is 0.330. The summed E-state index contributed by atoms with van der Waals surface area (Å²) in [7, 11) is 2.14. The number of amides is 2. The van der Waals surface area contributed by atoms with E-state index in [-0.39, 0.29) is 23.8 Å². The van der Waals surface area contributed by atoms with E-state index in [1.807, 2.05) is 5.38 Å². The Hall–Kier alpha value is -2.10. The summed E-state index contributed by atoms with van der Waals surface area (Å²) in [5, 5.41) is 4.99. The Bertz CT molecular complexity index is 956. The molecule has 9 heteroatoms. The van der Waals surface area contributed by atoms with Gasteiger partial charge in [-0.05, 0) is 32.7 Å². The molecule has 3 saturated heterocycles. The van der Waals surface area contributed by atoms with Crippen molar-refractivity contribution in [2.24, 2.45) is 5.92 Å². The number of nitrogens with zero attached hydrogens (tertiary/aromatic N) is 5. The van der Waals surface area contributed by atoms with Crippen LogP contribution in [0.3, 0.4) is 0 Å². The van der Waals surface area contributed by atoms with Gasteiger partial charge in [-0.1, -0.05) is 0 Å². The van der Waals surface area contributed by atoms with Crippen molar-refractivity contribution in [1.29, 1.82) is 0 Å². The molecule has 3 aliphatic heterocycles. The van der Waals surface area contributed by atoms with Gasteiger partial charge in [-0.3, -0.25) is 9.59 Å². The number of hydrogen-bond acceptors (Lipinski definition) is 7. The lowest BCUT2D eigenvalue weighted by Crippen LogP contribution is -2.52. The Morgan fingerprint density at radius 3 is 2.71 bits per heavy atom. The Kier molecular flexibility index (Phi) is 5.90. The number of hydrogen-bond donors (Lipinski definition) is 1. The van der Waals surface area contributed by atoms with Gasteiger partial charge in [-0.25, -0.2) is 9.97 Å². The fraction of sp³-hybridized carbons (Fsp3) is 0.636. The van der Waals surface area contributed by atoms with E-state index in [0.29, 0.717) is 12.5 Å². The maximum absolute atomic E-state index is 13.2. The van der Waals surface area contributed by atoms with Crippen LogP contribution in [0.5, 0.6) is 0 Å². The fourth-order valence-electron chi connectivity index (χ4n) is 5.38. The number of piperazine rings is 1. The predicted octanol–water partition coefficient (Wildman–Crippen LogP) is 2.04. The topological polar surface area (TPSA) is 81.7 Å². The number of rotatable bonds is 5. The van der Waals surface area contributed by atoms with Gasteiger partial charge in [0.15, 0.2) is 0 Å². The van der Waals surface area contributed by atoms with Gasteiger partial charge in [0, 0.05) is 69.0 Å². The highest BCUT2D eigenvalue weighted by Gasteiger charge is 2.47. The van der Waals surface area contributed by atoms with Crippen molar-refractivity contribution < 1.29 is 9.59 Å². The van der Waals surface area contributed by atoms with E-state index < -0.39 is 0 Å². The monoisotopic (exact) mass is 442 g/mol. The van der Waals surface area contributed by atoms with E-state index in [1.165, 1.54) is 11.3 Å². The van der Waals surface area contributed by atoms with Crippen LogP contribution in [0.1, 0.15) is 32.1 Å². The molecule has 2 amide bonds. The SMILES string of the molecule is CN1CCN(CCC(=O)N2[C@@H]3CC[C@H](C(=O)Nc4csc5nccnc45)[C@H]2CC3)CC1. The molecule has 0 unspecified atom stereocenters. The fourth-order valence-corrected chi connectivity index (χ4v) is 6.18. The summed E-state index contributed by atoms with van der Waals surface area (Å²) in [5.41, 5.74) is 1.47. The second-order valence-electron chi connectivity index (χ2n) is 9.03. The largest absolute Gasteiger partial charge is 0.336 e. The van der Waals surface area contributed by atoms with Crippen LogP contribution in [0.25, 0.3) is 10.3 Å². The third-order valence-corrected chi connectivity index (χ3v) is 8.03. The first kappa shape index (κ1) is 20.8. The van der Waals surface area contributed by atoms with Crippen LogP contribution >= 0.6 is 11.3 Å². The molecule has 166 valence electrons. The molecule has 31 heavy (non-hydrogen) atoms. The number of anilines is 1. The number of likely N-dealkylation sites (N-methyl/N-ethyl adjacent to an activating group) is 1. The van der Waals surface area contributed by atoms with Crippen LogP contribution in [-0.4, -0.2) is 88.3 Å². The molecule has 5 rings (SSSR count). The summed E-state index contributed by atoms with van der Waals surface area (Å²) in [6.45, 7) is 5.00. The maximum Gasteiger partial charge on any atom is 0.229 e. The van der Waals surface area contributed by atoms with E-state index in [0.717, 1.165) is 74.4 Å². The van der Waals surface area contributed by atoms with Crippen molar-refractivity contribution in [2.75, 3.05) is 45.1 Å². The minimum absolute atomic E-state index is 0.00701. The molecule has 0 saturated carbocycles. The van der Waals surface area contributed by atoms with E-state index in [2.05, 4.69) is 37.0 Å². The van der Waals surface area contributed by atoms with E-state index in [9.17, 15) is 9.59 Å². The quantitative estimate of drug-likeness (QED) is 0.763. The number of carbonyl (C=O) groups excluding carboxylic acids is 2. The zero-order valence-electron chi connectivity index (χ0n) is 18.0. The smallest absolute Gasteiger partial charge is 0.229 e. The molecule has 3 aliphatic rings. The van der Waals surface area contributed by atoms with Gasteiger partial charge in [0.05, 0.1) is 11.6 Å². The molecule has 1 N–H and O–H groups in total. The third-order valence-electron chi connectivity index (χ3n) is 7.15. The minimum atomic E-state index is -0.155. The lowest BCUT2D eigenvalue weighted by molar-refractivity contribution is -0.139. The average molecular weight is 443 g/mol. The summed E-state index contributed by atoms with van der Waals surface area (Å²) in [6.07, 6.45) is 7.56. The molecule has 3 fully saturated rings. The van der Waals surface area contributed by atoms with Gasteiger partial charge < -0.3 is 20.0 Å². The number of carbonyl (C=O) groups is 2. The average Bonchev–Trinajstić information content (AvgIpc) is 3.32. The van der Waals surface area contributed by atoms with Crippen LogP contribution in [0.4, 0.5) is 5.69 Å². The Labute approximate surface area is 186 Å².